The van der Waals surface area contributed by atoms with E-state index in [2.05, 4.69) is 10.3 Å². The van der Waals surface area contributed by atoms with Gasteiger partial charge >= 0.3 is 0 Å². The van der Waals surface area contributed by atoms with E-state index in [4.69, 9.17) is 10.2 Å². The van der Waals surface area contributed by atoms with Gasteiger partial charge in [-0.25, -0.2) is 4.98 Å². The lowest BCUT2D eigenvalue weighted by Crippen LogP contribution is -2.52. The average molecular weight is 350 g/mol. The van der Waals surface area contributed by atoms with Gasteiger partial charge in [-0.1, -0.05) is 25.3 Å². The molecule has 1 aliphatic carbocycles. The number of halogens is 1. The maximum absolute atomic E-state index is 12.6. The van der Waals surface area contributed by atoms with Crippen molar-refractivity contribution >= 4 is 24.0 Å². The molecular weight excluding hydrogens is 326 g/mol. The number of anilines is 1. The Bertz CT molecular complexity index is 721. The average Bonchev–Trinajstić information content (AvgIpc) is 2.96. The number of carbonyl (C=O) groups excluding carboxylic acids is 1. The molecule has 0 spiro atoms. The molecule has 3 rings (SSSR count). The van der Waals surface area contributed by atoms with E-state index in [1.54, 1.807) is 6.26 Å². The number of benzene rings is 1. The first-order chi connectivity index (χ1) is 11.0. The Balaban J connectivity index is 0.00000208. The monoisotopic (exact) mass is 349 g/mol. The van der Waals surface area contributed by atoms with E-state index in [0.29, 0.717) is 5.89 Å². The summed E-state index contributed by atoms with van der Waals surface area (Å²) in [6, 6.07) is 5.73. The fraction of sp³-hybridized carbons (Fsp3) is 0.444. The van der Waals surface area contributed by atoms with E-state index in [9.17, 15) is 4.79 Å². The molecule has 0 saturated heterocycles. The van der Waals surface area contributed by atoms with Gasteiger partial charge in [-0.3, -0.25) is 4.79 Å². The fourth-order valence-electron chi connectivity index (χ4n) is 3.07. The van der Waals surface area contributed by atoms with Crippen molar-refractivity contribution in [1.82, 2.24) is 4.98 Å². The Morgan fingerprint density at radius 2 is 1.96 bits per heavy atom. The molecule has 0 bridgehead atoms. The third-order valence-corrected chi connectivity index (χ3v) is 4.54. The molecule has 1 saturated carbocycles. The molecule has 0 atom stereocenters. The number of amides is 1. The van der Waals surface area contributed by atoms with Crippen LogP contribution in [0.5, 0.6) is 0 Å². The van der Waals surface area contributed by atoms with E-state index < -0.39 is 5.54 Å². The van der Waals surface area contributed by atoms with Gasteiger partial charge in [-0.2, -0.15) is 0 Å². The molecule has 1 aromatic heterocycles. The van der Waals surface area contributed by atoms with Gasteiger partial charge in [0.1, 0.15) is 6.26 Å². The van der Waals surface area contributed by atoms with Crippen LogP contribution in [0.3, 0.4) is 0 Å². The van der Waals surface area contributed by atoms with Crippen LogP contribution in [-0.2, 0) is 4.79 Å². The van der Waals surface area contributed by atoms with E-state index >= 15 is 0 Å². The first-order valence-electron chi connectivity index (χ1n) is 8.11. The zero-order chi connectivity index (χ0) is 16.4. The second-order valence-corrected chi connectivity index (χ2v) is 6.49. The highest BCUT2D eigenvalue weighted by molar-refractivity contribution is 5.98. The van der Waals surface area contributed by atoms with E-state index in [1.807, 2.05) is 32.0 Å². The number of hydrogen-bond acceptors (Lipinski definition) is 4. The summed E-state index contributed by atoms with van der Waals surface area (Å²) in [7, 11) is 0. The van der Waals surface area contributed by atoms with Crippen molar-refractivity contribution in [3.8, 4) is 11.5 Å². The minimum absolute atomic E-state index is 0. The number of rotatable bonds is 3. The summed E-state index contributed by atoms with van der Waals surface area (Å²) in [5.74, 6) is 0.465. The van der Waals surface area contributed by atoms with Crippen LogP contribution in [0, 0.1) is 13.8 Å². The maximum Gasteiger partial charge on any atom is 0.244 e. The van der Waals surface area contributed by atoms with E-state index in [0.717, 1.165) is 54.6 Å². The Labute approximate surface area is 148 Å². The van der Waals surface area contributed by atoms with Gasteiger partial charge in [0.15, 0.2) is 0 Å². The molecule has 0 radical (unpaired) electrons. The molecule has 3 N–H and O–H groups in total. The number of aryl methyl sites for hydroxylation is 2. The van der Waals surface area contributed by atoms with Gasteiger partial charge in [0, 0.05) is 11.3 Å². The largest absolute Gasteiger partial charge is 0.444 e. The van der Waals surface area contributed by atoms with Crippen LogP contribution in [0.25, 0.3) is 11.5 Å². The zero-order valence-electron chi connectivity index (χ0n) is 14.1. The third kappa shape index (κ3) is 3.79. The lowest BCUT2D eigenvalue weighted by Gasteiger charge is -2.31. The number of carbonyl (C=O) groups is 1. The van der Waals surface area contributed by atoms with E-state index in [-0.39, 0.29) is 18.3 Å². The van der Waals surface area contributed by atoms with Crippen LogP contribution in [0.15, 0.2) is 28.9 Å². The van der Waals surface area contributed by atoms with Crippen LogP contribution >= 0.6 is 12.4 Å². The van der Waals surface area contributed by atoms with E-state index in [1.165, 1.54) is 0 Å². The minimum atomic E-state index is -0.747. The van der Waals surface area contributed by atoms with Gasteiger partial charge in [-0.15, -0.1) is 12.4 Å². The number of aromatic nitrogens is 1. The topological polar surface area (TPSA) is 81.2 Å². The predicted molar refractivity (Wildman–Crippen MR) is 97.3 cm³/mol. The SMILES string of the molecule is Cc1coc(-c2cc(NC(=O)C3(N)CCCCC3)ccc2C)n1.Cl. The van der Waals surface area contributed by atoms with Crippen molar-refractivity contribution in [1.29, 1.82) is 0 Å². The summed E-state index contributed by atoms with van der Waals surface area (Å²) in [6.07, 6.45) is 6.30. The van der Waals surface area contributed by atoms with Crippen molar-refractivity contribution in [2.45, 2.75) is 51.5 Å². The minimum Gasteiger partial charge on any atom is -0.444 e. The van der Waals surface area contributed by atoms with Crippen molar-refractivity contribution in [2.75, 3.05) is 5.32 Å². The predicted octanol–water partition coefficient (Wildman–Crippen LogP) is 3.98. The van der Waals surface area contributed by atoms with Gasteiger partial charge in [0.25, 0.3) is 0 Å². The van der Waals surface area contributed by atoms with Gasteiger partial charge in [0.05, 0.1) is 11.2 Å². The Morgan fingerprint density at radius 1 is 1.25 bits per heavy atom. The zero-order valence-corrected chi connectivity index (χ0v) is 14.9. The highest BCUT2D eigenvalue weighted by atomic mass is 35.5. The molecule has 1 fully saturated rings. The number of oxazole rings is 1. The summed E-state index contributed by atoms with van der Waals surface area (Å²) in [5.41, 5.74) is 9.02. The summed E-state index contributed by atoms with van der Waals surface area (Å²) >= 11 is 0. The molecule has 6 heteroatoms. The molecule has 130 valence electrons. The van der Waals surface area contributed by atoms with Gasteiger partial charge < -0.3 is 15.5 Å². The number of hydrogen-bond donors (Lipinski definition) is 2. The van der Waals surface area contributed by atoms with Crippen molar-refractivity contribution in [3.05, 3.63) is 35.7 Å². The quantitative estimate of drug-likeness (QED) is 0.878. The highest BCUT2D eigenvalue weighted by Gasteiger charge is 2.35. The normalized spacial score (nSPS) is 16.3. The van der Waals surface area contributed by atoms with Crippen molar-refractivity contribution in [3.63, 3.8) is 0 Å². The van der Waals surface area contributed by atoms with Crippen LogP contribution < -0.4 is 11.1 Å². The second kappa shape index (κ2) is 7.36. The molecule has 0 unspecified atom stereocenters. The molecule has 5 nitrogen and oxygen atoms in total. The molecule has 1 amide bonds. The maximum atomic E-state index is 12.6. The van der Waals surface area contributed by atoms with Crippen LogP contribution in [0.1, 0.15) is 43.4 Å². The van der Waals surface area contributed by atoms with Gasteiger partial charge in [-0.05, 0) is 44.4 Å². The molecule has 1 aromatic carbocycles. The first-order valence-corrected chi connectivity index (χ1v) is 8.11. The second-order valence-electron chi connectivity index (χ2n) is 6.49. The van der Waals surface area contributed by atoms with Crippen LogP contribution in [-0.4, -0.2) is 16.4 Å². The first kappa shape index (κ1) is 18.5. The molecule has 2 aromatic rings. The molecule has 1 heterocycles. The smallest absolute Gasteiger partial charge is 0.244 e. The lowest BCUT2D eigenvalue weighted by molar-refractivity contribution is -0.122. The molecule has 0 aliphatic heterocycles. The number of nitrogens with zero attached hydrogens (tertiary/aromatic N) is 1. The summed E-state index contributed by atoms with van der Waals surface area (Å²) in [6.45, 7) is 3.88. The Kier molecular flexibility index (Phi) is 5.67. The fourth-order valence-corrected chi connectivity index (χ4v) is 3.07. The van der Waals surface area contributed by atoms with Crippen LogP contribution in [0.2, 0.25) is 0 Å². The number of nitrogens with two attached hydrogens (primary N) is 1. The summed E-state index contributed by atoms with van der Waals surface area (Å²) < 4.78 is 5.48. The van der Waals surface area contributed by atoms with Gasteiger partial charge in [0.2, 0.25) is 11.8 Å². The Hall–Kier alpha value is -1.85. The lowest BCUT2D eigenvalue weighted by atomic mass is 9.82. The van der Waals surface area contributed by atoms with Crippen molar-refractivity contribution < 1.29 is 9.21 Å². The summed E-state index contributed by atoms with van der Waals surface area (Å²) in [4.78, 5) is 16.9. The highest BCUT2D eigenvalue weighted by Crippen LogP contribution is 2.29. The third-order valence-electron chi connectivity index (χ3n) is 4.54. The molecule has 24 heavy (non-hydrogen) atoms. The van der Waals surface area contributed by atoms with Crippen LogP contribution in [0.4, 0.5) is 5.69 Å². The number of nitrogens with one attached hydrogen (secondary N) is 1. The standard InChI is InChI=1S/C18H23N3O2.ClH/c1-12-6-7-14(10-15(12)16-20-13(2)11-23-16)21-17(22)18(19)8-4-3-5-9-18;/h6-7,10-11H,3-5,8-9,19H2,1-2H3,(H,21,22);1H. The molecule has 1 aliphatic rings. The molecular formula is C18H24ClN3O2. The summed E-state index contributed by atoms with van der Waals surface area (Å²) in [5, 5.41) is 2.96. The Morgan fingerprint density at radius 3 is 2.58 bits per heavy atom. The van der Waals surface area contributed by atoms with Crippen molar-refractivity contribution in [2.24, 2.45) is 5.73 Å².